The summed E-state index contributed by atoms with van der Waals surface area (Å²) in [5.41, 5.74) is 4.37. The number of carbonyl (C=O) groups excluding carboxylic acids is 1. The number of thiazole rings is 1. The molecule has 3 aromatic rings. The maximum atomic E-state index is 11.6. The summed E-state index contributed by atoms with van der Waals surface area (Å²) >= 11 is 1.35. The van der Waals surface area contributed by atoms with E-state index in [1.165, 1.54) is 18.4 Å². The molecular formula is C19H19N3O3S. The zero-order valence-corrected chi connectivity index (χ0v) is 15.8. The van der Waals surface area contributed by atoms with Crippen molar-refractivity contribution >= 4 is 22.6 Å². The molecule has 2 heterocycles. The highest BCUT2D eigenvalue weighted by atomic mass is 32.1. The number of amides is 1. The Balaban J connectivity index is 2.18. The molecule has 1 N–H and O–H groups in total. The first-order valence-electron chi connectivity index (χ1n) is 7.97. The van der Waals surface area contributed by atoms with Gasteiger partial charge in [0.05, 0.1) is 30.5 Å². The normalized spacial score (nSPS) is 10.5. The number of nitrogens with one attached hydrogen (secondary N) is 1. The molecule has 0 aliphatic carbocycles. The van der Waals surface area contributed by atoms with E-state index in [9.17, 15) is 4.79 Å². The molecular weight excluding hydrogens is 350 g/mol. The zero-order valence-electron chi connectivity index (χ0n) is 15.0. The average molecular weight is 369 g/mol. The number of anilines is 1. The smallest absolute Gasteiger partial charge is 0.413 e. The van der Waals surface area contributed by atoms with E-state index in [0.717, 1.165) is 38.7 Å². The molecule has 7 heteroatoms. The molecule has 0 fully saturated rings. The van der Waals surface area contributed by atoms with Gasteiger partial charge < -0.3 is 9.47 Å². The predicted molar refractivity (Wildman–Crippen MR) is 103 cm³/mol. The van der Waals surface area contributed by atoms with E-state index in [0.29, 0.717) is 5.13 Å². The van der Waals surface area contributed by atoms with Gasteiger partial charge >= 0.3 is 6.09 Å². The fourth-order valence-corrected chi connectivity index (χ4v) is 3.75. The minimum Gasteiger partial charge on any atom is -0.496 e. The third-order valence-electron chi connectivity index (χ3n) is 3.93. The van der Waals surface area contributed by atoms with Gasteiger partial charge in [0.2, 0.25) is 0 Å². The number of hydrogen-bond donors (Lipinski definition) is 1. The Morgan fingerprint density at radius 1 is 1.12 bits per heavy atom. The van der Waals surface area contributed by atoms with Crippen molar-refractivity contribution < 1.29 is 14.3 Å². The number of pyridine rings is 1. The van der Waals surface area contributed by atoms with Crippen LogP contribution in [0.4, 0.5) is 9.93 Å². The second-order valence-electron chi connectivity index (χ2n) is 5.63. The molecule has 0 aliphatic heterocycles. The molecule has 26 heavy (non-hydrogen) atoms. The maximum absolute atomic E-state index is 11.6. The second-order valence-corrected chi connectivity index (χ2v) is 6.63. The predicted octanol–water partition coefficient (Wildman–Crippen LogP) is 4.68. The first-order valence-corrected chi connectivity index (χ1v) is 8.78. The van der Waals surface area contributed by atoms with Crippen LogP contribution in [-0.2, 0) is 4.74 Å². The summed E-state index contributed by atoms with van der Waals surface area (Å²) in [6.45, 7) is 3.92. The number of aryl methyl sites for hydroxylation is 1. The fourth-order valence-electron chi connectivity index (χ4n) is 2.73. The summed E-state index contributed by atoms with van der Waals surface area (Å²) < 4.78 is 10.2. The van der Waals surface area contributed by atoms with Crippen molar-refractivity contribution in [2.24, 2.45) is 0 Å². The Morgan fingerprint density at radius 2 is 1.85 bits per heavy atom. The average Bonchev–Trinajstić information content (AvgIpc) is 3.06. The number of methoxy groups -OCH3 is 2. The topological polar surface area (TPSA) is 73.3 Å². The molecule has 3 rings (SSSR count). The van der Waals surface area contributed by atoms with Gasteiger partial charge in [0.25, 0.3) is 0 Å². The largest absolute Gasteiger partial charge is 0.496 e. The van der Waals surface area contributed by atoms with Gasteiger partial charge in [-0.2, -0.15) is 0 Å². The van der Waals surface area contributed by atoms with Crippen LogP contribution in [0.15, 0.2) is 36.5 Å². The first kappa shape index (κ1) is 17.9. The molecule has 0 spiro atoms. The van der Waals surface area contributed by atoms with Crippen LogP contribution in [0.3, 0.4) is 0 Å². The van der Waals surface area contributed by atoms with E-state index in [-0.39, 0.29) is 0 Å². The monoisotopic (exact) mass is 369 g/mol. The van der Waals surface area contributed by atoms with Gasteiger partial charge in [-0.25, -0.2) is 9.78 Å². The lowest BCUT2D eigenvalue weighted by Gasteiger charge is -2.12. The molecule has 0 atom stereocenters. The van der Waals surface area contributed by atoms with E-state index < -0.39 is 6.09 Å². The summed E-state index contributed by atoms with van der Waals surface area (Å²) in [6.07, 6.45) is 1.22. The van der Waals surface area contributed by atoms with Crippen LogP contribution < -0.4 is 10.1 Å². The highest BCUT2D eigenvalue weighted by Gasteiger charge is 2.21. The summed E-state index contributed by atoms with van der Waals surface area (Å²) in [5.74, 6) is 0.796. The quantitative estimate of drug-likeness (QED) is 0.723. The van der Waals surface area contributed by atoms with Crippen molar-refractivity contribution in [1.82, 2.24) is 9.97 Å². The van der Waals surface area contributed by atoms with E-state index in [2.05, 4.69) is 20.0 Å². The van der Waals surface area contributed by atoms with E-state index in [1.807, 2.05) is 44.2 Å². The molecule has 0 unspecified atom stereocenters. The lowest BCUT2D eigenvalue weighted by Crippen LogP contribution is -2.10. The van der Waals surface area contributed by atoms with Gasteiger partial charge in [-0.15, -0.1) is 0 Å². The summed E-state index contributed by atoms with van der Waals surface area (Å²) in [5, 5.41) is 3.09. The minimum absolute atomic E-state index is 0.450. The van der Waals surface area contributed by atoms with E-state index in [1.54, 1.807) is 13.3 Å². The highest BCUT2D eigenvalue weighted by molar-refractivity contribution is 7.19. The van der Waals surface area contributed by atoms with Crippen molar-refractivity contribution in [2.75, 3.05) is 19.5 Å². The van der Waals surface area contributed by atoms with Crippen LogP contribution in [0.2, 0.25) is 0 Å². The van der Waals surface area contributed by atoms with E-state index >= 15 is 0 Å². The molecule has 0 aliphatic rings. The van der Waals surface area contributed by atoms with Crippen molar-refractivity contribution in [3.05, 3.63) is 47.7 Å². The zero-order chi connectivity index (χ0) is 18.7. The molecule has 0 radical (unpaired) electrons. The van der Waals surface area contributed by atoms with Crippen molar-refractivity contribution in [3.63, 3.8) is 0 Å². The number of benzene rings is 1. The van der Waals surface area contributed by atoms with Gasteiger partial charge in [-0.05, 0) is 13.8 Å². The summed E-state index contributed by atoms with van der Waals surface area (Å²) in [4.78, 5) is 21.6. The Bertz CT molecular complexity index is 939. The van der Waals surface area contributed by atoms with Crippen LogP contribution in [-0.4, -0.2) is 30.3 Å². The van der Waals surface area contributed by atoms with E-state index in [4.69, 9.17) is 4.74 Å². The number of carbonyl (C=O) groups is 1. The van der Waals surface area contributed by atoms with Crippen LogP contribution in [0.1, 0.15) is 11.1 Å². The molecule has 2 aromatic heterocycles. The molecule has 0 bridgehead atoms. The molecule has 1 amide bonds. The number of aromatic nitrogens is 2. The standard InChI is InChI=1S/C19H19N3O3S/c1-11-10-20-14(12(2)16(11)24-3)17-15(13-8-6-5-7-9-13)21-18(26-17)22-19(23)25-4/h5-10H,1-4H3,(H,21,22,23). The Labute approximate surface area is 155 Å². The number of rotatable bonds is 4. The van der Waals surface area contributed by atoms with Crippen LogP contribution in [0.5, 0.6) is 5.75 Å². The lowest BCUT2D eigenvalue weighted by atomic mass is 10.1. The Hall–Kier alpha value is -2.93. The Kier molecular flexibility index (Phi) is 5.18. The van der Waals surface area contributed by atoms with Crippen molar-refractivity contribution in [1.29, 1.82) is 0 Å². The second kappa shape index (κ2) is 7.53. The van der Waals surface area contributed by atoms with Crippen molar-refractivity contribution in [3.8, 4) is 27.6 Å². The lowest BCUT2D eigenvalue weighted by molar-refractivity contribution is 0.187. The van der Waals surface area contributed by atoms with Gasteiger partial charge in [0, 0.05) is 22.9 Å². The molecule has 0 saturated heterocycles. The van der Waals surface area contributed by atoms with Gasteiger partial charge in [-0.3, -0.25) is 10.3 Å². The van der Waals surface area contributed by atoms with Gasteiger partial charge in [0.1, 0.15) is 5.75 Å². The molecule has 6 nitrogen and oxygen atoms in total. The van der Waals surface area contributed by atoms with Crippen LogP contribution in [0, 0.1) is 13.8 Å². The Morgan fingerprint density at radius 3 is 2.50 bits per heavy atom. The third kappa shape index (κ3) is 3.39. The minimum atomic E-state index is -0.559. The van der Waals surface area contributed by atoms with Crippen LogP contribution in [0.25, 0.3) is 21.8 Å². The number of ether oxygens (including phenoxy) is 2. The van der Waals surface area contributed by atoms with Crippen LogP contribution >= 0.6 is 11.3 Å². The SMILES string of the molecule is COC(=O)Nc1nc(-c2ccccc2)c(-c2ncc(C)c(OC)c2C)s1. The maximum Gasteiger partial charge on any atom is 0.413 e. The summed E-state index contributed by atoms with van der Waals surface area (Å²) in [7, 11) is 2.96. The highest BCUT2D eigenvalue weighted by Crippen LogP contribution is 2.41. The molecule has 1 aromatic carbocycles. The van der Waals surface area contributed by atoms with Gasteiger partial charge in [-0.1, -0.05) is 41.7 Å². The number of hydrogen-bond acceptors (Lipinski definition) is 6. The fraction of sp³-hybridized carbons (Fsp3) is 0.211. The summed E-state index contributed by atoms with van der Waals surface area (Å²) in [6, 6.07) is 9.79. The van der Waals surface area contributed by atoms with Crippen molar-refractivity contribution in [2.45, 2.75) is 13.8 Å². The molecule has 134 valence electrons. The third-order valence-corrected chi connectivity index (χ3v) is 4.91. The first-order chi connectivity index (χ1) is 12.5. The number of nitrogens with zero attached hydrogens (tertiary/aromatic N) is 2. The van der Waals surface area contributed by atoms with Gasteiger partial charge in [0.15, 0.2) is 5.13 Å². The molecule has 0 saturated carbocycles.